The molecule has 180 valence electrons. The van der Waals surface area contributed by atoms with Gasteiger partial charge in [0.15, 0.2) is 0 Å². The zero-order chi connectivity index (χ0) is 24.9. The van der Waals surface area contributed by atoms with Crippen LogP contribution >= 0.6 is 0 Å². The molecule has 0 radical (unpaired) electrons. The fourth-order valence-electron chi connectivity index (χ4n) is 3.90. The summed E-state index contributed by atoms with van der Waals surface area (Å²) in [7, 11) is -2.41. The molecule has 0 spiro atoms. The molecule has 1 aliphatic rings. The van der Waals surface area contributed by atoms with Gasteiger partial charge >= 0.3 is 0 Å². The van der Waals surface area contributed by atoms with Crippen LogP contribution in [0.3, 0.4) is 0 Å². The van der Waals surface area contributed by atoms with Gasteiger partial charge in [0.25, 0.3) is 0 Å². The van der Waals surface area contributed by atoms with Crippen molar-refractivity contribution in [1.29, 1.82) is 5.26 Å². The van der Waals surface area contributed by atoms with Crippen LogP contribution in [0.1, 0.15) is 24.0 Å². The summed E-state index contributed by atoms with van der Waals surface area (Å²) in [6, 6.07) is 25.2. The molecule has 1 amide bonds. The Morgan fingerprint density at radius 3 is 2.26 bits per heavy atom. The fourth-order valence-corrected chi connectivity index (χ4v) is 5.30. The van der Waals surface area contributed by atoms with E-state index in [2.05, 4.69) is 11.4 Å². The molecule has 1 N–H and O–H groups in total. The lowest BCUT2D eigenvalue weighted by Crippen LogP contribution is -2.39. The predicted molar refractivity (Wildman–Crippen MR) is 133 cm³/mol. The van der Waals surface area contributed by atoms with E-state index in [0.29, 0.717) is 17.9 Å². The van der Waals surface area contributed by atoms with Crippen molar-refractivity contribution in [2.75, 3.05) is 25.5 Å². The second-order valence-electron chi connectivity index (χ2n) is 8.57. The quantitative estimate of drug-likeness (QED) is 0.462. The van der Waals surface area contributed by atoms with Gasteiger partial charge in [-0.2, -0.15) is 9.57 Å². The summed E-state index contributed by atoms with van der Waals surface area (Å²) in [4.78, 5) is 13.0. The standard InChI is InChI=1S/C27H27N3O4S/c1-34-24-11-13-25(14-12-24)35(32,33)30(18-15-21-5-3-2-4-6-21)19-26(31)29-23-9-7-22(8-10-23)27(20-28)16-17-27/h2-14H,15-19H2,1H3,(H,29,31). The predicted octanol–water partition coefficient (Wildman–Crippen LogP) is 4.12. The van der Waals surface area contributed by atoms with Crippen LogP contribution in [0.5, 0.6) is 5.75 Å². The second kappa shape index (κ2) is 10.3. The summed E-state index contributed by atoms with van der Waals surface area (Å²) in [5, 5.41) is 12.1. The maximum atomic E-state index is 13.4. The Balaban J connectivity index is 1.50. The van der Waals surface area contributed by atoms with Crippen LogP contribution in [0, 0.1) is 11.3 Å². The van der Waals surface area contributed by atoms with Crippen molar-refractivity contribution in [3.63, 3.8) is 0 Å². The number of rotatable bonds is 10. The Kier molecular flexibility index (Phi) is 7.20. The number of anilines is 1. The molecule has 0 bridgehead atoms. The van der Waals surface area contributed by atoms with Crippen molar-refractivity contribution in [3.05, 3.63) is 90.0 Å². The van der Waals surface area contributed by atoms with E-state index in [1.165, 1.54) is 23.5 Å². The van der Waals surface area contributed by atoms with Crippen molar-refractivity contribution in [2.24, 2.45) is 0 Å². The Morgan fingerprint density at radius 2 is 1.69 bits per heavy atom. The van der Waals surface area contributed by atoms with Gasteiger partial charge in [-0.1, -0.05) is 42.5 Å². The Bertz CT molecular complexity index is 1310. The van der Waals surface area contributed by atoms with Gasteiger partial charge in [-0.05, 0) is 66.8 Å². The summed E-state index contributed by atoms with van der Waals surface area (Å²) < 4.78 is 33.1. The number of methoxy groups -OCH3 is 1. The molecular formula is C27H27N3O4S. The maximum Gasteiger partial charge on any atom is 0.243 e. The van der Waals surface area contributed by atoms with Crippen molar-refractivity contribution in [2.45, 2.75) is 29.6 Å². The van der Waals surface area contributed by atoms with E-state index in [0.717, 1.165) is 24.0 Å². The first-order valence-electron chi connectivity index (χ1n) is 11.4. The van der Waals surface area contributed by atoms with Gasteiger partial charge in [0.2, 0.25) is 15.9 Å². The van der Waals surface area contributed by atoms with Crippen molar-refractivity contribution < 1.29 is 17.9 Å². The summed E-state index contributed by atoms with van der Waals surface area (Å²) >= 11 is 0. The number of carbonyl (C=O) groups excluding carboxylic acids is 1. The van der Waals surface area contributed by atoms with E-state index in [9.17, 15) is 18.5 Å². The highest BCUT2D eigenvalue weighted by Crippen LogP contribution is 2.47. The molecule has 3 aromatic rings. The molecule has 35 heavy (non-hydrogen) atoms. The first-order valence-corrected chi connectivity index (χ1v) is 12.8. The fraction of sp³-hybridized carbons (Fsp3) is 0.259. The van der Waals surface area contributed by atoms with Crippen molar-refractivity contribution >= 4 is 21.6 Å². The van der Waals surface area contributed by atoms with Gasteiger partial charge < -0.3 is 10.1 Å². The lowest BCUT2D eigenvalue weighted by atomic mass is 9.98. The summed E-state index contributed by atoms with van der Waals surface area (Å²) in [6.45, 7) is -0.180. The highest BCUT2D eigenvalue weighted by molar-refractivity contribution is 7.89. The average molecular weight is 490 g/mol. The summed E-state index contributed by atoms with van der Waals surface area (Å²) in [5.74, 6) is 0.106. The molecule has 3 aromatic carbocycles. The molecule has 4 rings (SSSR count). The molecule has 0 aliphatic heterocycles. The molecule has 7 nitrogen and oxygen atoms in total. The minimum atomic E-state index is -3.92. The number of benzene rings is 3. The van der Waals surface area contributed by atoms with Crippen LogP contribution in [0.2, 0.25) is 0 Å². The molecule has 0 aromatic heterocycles. The Labute approximate surface area is 206 Å². The Hall–Kier alpha value is -3.67. The van der Waals surface area contributed by atoms with E-state index < -0.39 is 21.3 Å². The Morgan fingerprint density at radius 1 is 1.03 bits per heavy atom. The van der Waals surface area contributed by atoms with Gasteiger partial charge in [0.1, 0.15) is 5.75 Å². The highest BCUT2D eigenvalue weighted by atomic mass is 32.2. The molecule has 1 saturated carbocycles. The minimum absolute atomic E-state index is 0.0924. The summed E-state index contributed by atoms with van der Waals surface area (Å²) in [5.41, 5.74) is 2.07. The zero-order valence-electron chi connectivity index (χ0n) is 19.5. The van der Waals surface area contributed by atoms with Crippen LogP contribution in [0.4, 0.5) is 5.69 Å². The monoisotopic (exact) mass is 489 g/mol. The number of carbonyl (C=O) groups is 1. The largest absolute Gasteiger partial charge is 0.497 e. The molecule has 1 fully saturated rings. The topological polar surface area (TPSA) is 99.5 Å². The number of hydrogen-bond donors (Lipinski definition) is 1. The van der Waals surface area contributed by atoms with Gasteiger partial charge in [0.05, 0.1) is 30.0 Å². The number of nitriles is 1. The molecule has 0 atom stereocenters. The normalized spacial score (nSPS) is 14.2. The molecule has 0 unspecified atom stereocenters. The average Bonchev–Trinajstić information content (AvgIpc) is 3.69. The van der Waals surface area contributed by atoms with Crippen LogP contribution in [-0.2, 0) is 26.7 Å². The third-order valence-corrected chi connectivity index (χ3v) is 8.05. The molecule has 1 aliphatic carbocycles. The third kappa shape index (κ3) is 5.70. The zero-order valence-corrected chi connectivity index (χ0v) is 20.3. The number of nitrogens with zero attached hydrogens (tertiary/aromatic N) is 2. The second-order valence-corrected chi connectivity index (χ2v) is 10.5. The highest BCUT2D eigenvalue weighted by Gasteiger charge is 2.44. The number of nitrogens with one attached hydrogen (secondary N) is 1. The van der Waals surface area contributed by atoms with Crippen LogP contribution in [-0.4, -0.2) is 38.8 Å². The number of hydrogen-bond acceptors (Lipinski definition) is 5. The molecule has 8 heteroatoms. The molecular weight excluding hydrogens is 462 g/mol. The van der Waals surface area contributed by atoms with Gasteiger partial charge in [-0.15, -0.1) is 0 Å². The van der Waals surface area contributed by atoms with Crippen LogP contribution < -0.4 is 10.1 Å². The van der Waals surface area contributed by atoms with Gasteiger partial charge in [0, 0.05) is 12.2 Å². The third-order valence-electron chi connectivity index (χ3n) is 6.20. The number of amides is 1. The lowest BCUT2D eigenvalue weighted by molar-refractivity contribution is -0.116. The van der Waals surface area contributed by atoms with Crippen molar-refractivity contribution in [1.82, 2.24) is 4.31 Å². The smallest absolute Gasteiger partial charge is 0.243 e. The van der Waals surface area contributed by atoms with E-state index in [1.807, 2.05) is 42.5 Å². The van der Waals surface area contributed by atoms with E-state index >= 15 is 0 Å². The van der Waals surface area contributed by atoms with Gasteiger partial charge in [-0.3, -0.25) is 4.79 Å². The van der Waals surface area contributed by atoms with E-state index in [-0.39, 0.29) is 18.0 Å². The minimum Gasteiger partial charge on any atom is -0.497 e. The first kappa shape index (κ1) is 24.5. The van der Waals surface area contributed by atoms with Crippen LogP contribution in [0.25, 0.3) is 0 Å². The molecule has 0 heterocycles. The number of sulfonamides is 1. The number of ether oxygens (including phenoxy) is 1. The maximum absolute atomic E-state index is 13.4. The summed E-state index contributed by atoms with van der Waals surface area (Å²) in [6.07, 6.45) is 2.15. The van der Waals surface area contributed by atoms with E-state index in [4.69, 9.17) is 4.74 Å². The van der Waals surface area contributed by atoms with Gasteiger partial charge in [-0.25, -0.2) is 8.42 Å². The van der Waals surface area contributed by atoms with E-state index in [1.54, 1.807) is 24.3 Å². The SMILES string of the molecule is COc1ccc(S(=O)(=O)N(CCc2ccccc2)CC(=O)Nc2ccc(C3(C#N)CC3)cc2)cc1. The lowest BCUT2D eigenvalue weighted by Gasteiger charge is -2.22. The van der Waals surface area contributed by atoms with Crippen LogP contribution in [0.15, 0.2) is 83.8 Å². The molecule has 0 saturated heterocycles. The first-order chi connectivity index (χ1) is 16.9. The van der Waals surface area contributed by atoms with Crippen molar-refractivity contribution in [3.8, 4) is 11.8 Å².